The van der Waals surface area contributed by atoms with Gasteiger partial charge >= 0.3 is 0 Å². The molecule has 57 valence electrons. The molecule has 0 amide bonds. The third kappa shape index (κ3) is 3.08. The number of carboxylic acids is 1. The quantitative estimate of drug-likeness (QED) is 0.404. The van der Waals surface area contributed by atoms with Crippen LogP contribution in [0.3, 0.4) is 0 Å². The predicted octanol–water partition coefficient (Wildman–Crippen LogP) is 0.400. The fourth-order valence-electron chi connectivity index (χ4n) is 0.214. The molecule has 0 saturated carbocycles. The Hall–Kier alpha value is 0.534. The minimum atomic E-state index is -1.17. The minimum absolute atomic E-state index is 0. The number of carboxylic acid groups (broad SMARTS) is 1. The zero-order valence-corrected chi connectivity index (χ0v) is 9.35. The summed E-state index contributed by atoms with van der Waals surface area (Å²) in [6.45, 7) is 4.88. The van der Waals surface area contributed by atoms with Crippen LogP contribution in [0, 0.1) is 5.92 Å². The minimum Gasteiger partial charge on any atom is -0.482 e. The van der Waals surface area contributed by atoms with Crippen molar-refractivity contribution in [2.45, 2.75) is 26.3 Å². The number of carbonyl (C=O) groups is 1. The number of hydrogen-bond acceptors (Lipinski definition) is 2. The summed E-state index contributed by atoms with van der Waals surface area (Å²) >= 11 is 0. The van der Waals surface area contributed by atoms with E-state index in [-0.39, 0.29) is 32.7 Å². The van der Waals surface area contributed by atoms with Crippen LogP contribution in [0.4, 0.5) is 0 Å². The average Bonchev–Trinajstić information content (AvgIpc) is 1.65. The van der Waals surface area contributed by atoms with Gasteiger partial charge in [0.25, 0.3) is 5.97 Å². The fraction of sp³-hybridized carbons (Fsp3) is 0.667. The molecule has 0 aromatic heterocycles. The Kier molecular flexibility index (Phi) is 5.81. The first-order chi connectivity index (χ1) is 3.89. The first kappa shape index (κ1) is 13.1. The van der Waals surface area contributed by atoms with Crippen LogP contribution >= 0.6 is 0 Å². The van der Waals surface area contributed by atoms with Gasteiger partial charge in [0, 0.05) is 32.7 Å². The molecule has 0 aliphatic carbocycles. The molecule has 0 aliphatic rings. The second-order valence-electron chi connectivity index (χ2n) is 2.51. The molecular formula is C6H12NO2Y-. The first-order valence-electron chi connectivity index (χ1n) is 2.72. The fourth-order valence-corrected chi connectivity index (χ4v) is 0.214. The van der Waals surface area contributed by atoms with Crippen LogP contribution in [0.5, 0.6) is 0 Å². The molecule has 3 nitrogen and oxygen atoms in total. The number of nitrogens with two attached hydrogens (primary N) is 1. The van der Waals surface area contributed by atoms with Gasteiger partial charge in [0.15, 0.2) is 0 Å². The summed E-state index contributed by atoms with van der Waals surface area (Å²) in [6.07, 6.45) is 0. The Labute approximate surface area is 86.2 Å². The van der Waals surface area contributed by atoms with Crippen LogP contribution in [0.15, 0.2) is 0 Å². The average molecular weight is 223 g/mol. The Balaban J connectivity index is 0. The van der Waals surface area contributed by atoms with Gasteiger partial charge in [-0.05, 0) is 5.54 Å². The van der Waals surface area contributed by atoms with Crippen molar-refractivity contribution in [2.75, 3.05) is 0 Å². The number of aliphatic carboxylic acids is 1. The molecule has 1 radical (unpaired) electrons. The zero-order chi connectivity index (χ0) is 7.65. The normalized spacial score (nSPS) is 15.7. The van der Waals surface area contributed by atoms with E-state index in [4.69, 9.17) is 10.8 Å². The van der Waals surface area contributed by atoms with Gasteiger partial charge in [-0.25, -0.2) is 0 Å². The van der Waals surface area contributed by atoms with Gasteiger partial charge in [-0.1, -0.05) is 6.92 Å². The number of rotatable bonds is 2. The summed E-state index contributed by atoms with van der Waals surface area (Å²) in [6, 6.07) is 0. The molecule has 0 unspecified atom stereocenters. The maximum atomic E-state index is 10.3. The van der Waals surface area contributed by atoms with Crippen LogP contribution in [0.1, 0.15) is 20.8 Å². The van der Waals surface area contributed by atoms with Crippen molar-refractivity contribution in [1.82, 2.24) is 0 Å². The van der Waals surface area contributed by atoms with E-state index in [1.165, 1.54) is 6.92 Å². The largest absolute Gasteiger partial charge is 0.482 e. The predicted molar refractivity (Wildman–Crippen MR) is 34.8 cm³/mol. The molecule has 0 aromatic rings. The van der Waals surface area contributed by atoms with E-state index in [1.807, 2.05) is 0 Å². The van der Waals surface area contributed by atoms with Crippen LogP contribution in [0.2, 0.25) is 0 Å². The van der Waals surface area contributed by atoms with Crippen molar-refractivity contribution >= 4 is 5.97 Å². The Morgan fingerprint density at radius 2 is 1.90 bits per heavy atom. The number of hydrogen-bond donors (Lipinski definition) is 2. The van der Waals surface area contributed by atoms with Gasteiger partial charge in [0.1, 0.15) is 0 Å². The van der Waals surface area contributed by atoms with Gasteiger partial charge in [0.2, 0.25) is 0 Å². The van der Waals surface area contributed by atoms with Crippen LogP contribution in [0.25, 0.3) is 0 Å². The summed E-state index contributed by atoms with van der Waals surface area (Å²) in [7, 11) is 0. The molecule has 0 aromatic carbocycles. The van der Waals surface area contributed by atoms with E-state index in [0.29, 0.717) is 5.92 Å². The molecule has 0 heterocycles. The molecule has 3 N–H and O–H groups in total. The van der Waals surface area contributed by atoms with Gasteiger partial charge < -0.3 is 10.8 Å². The molecule has 0 bridgehead atoms. The molecule has 0 rings (SSSR count). The van der Waals surface area contributed by atoms with E-state index in [0.717, 1.165) is 0 Å². The van der Waals surface area contributed by atoms with Crippen molar-refractivity contribution in [3.05, 3.63) is 5.92 Å². The molecule has 1 atom stereocenters. The van der Waals surface area contributed by atoms with Crippen LogP contribution in [-0.2, 0) is 37.5 Å². The smallest absolute Gasteiger partial charge is 0.292 e. The summed E-state index contributed by atoms with van der Waals surface area (Å²) < 4.78 is 0. The van der Waals surface area contributed by atoms with Gasteiger partial charge in [0.05, 0.1) is 0 Å². The Morgan fingerprint density at radius 3 is 1.90 bits per heavy atom. The van der Waals surface area contributed by atoms with Crippen LogP contribution < -0.4 is 5.73 Å². The standard InChI is InChI=1S/C6H12NO2.Y/c1-4(2)6(3,7)5(8)9;/h7H2,1-3H3,(H,8,9);/q-1;/t6-;/m0./s1/i4+1,5+1,6+1,7+1;. The molecule has 10 heavy (non-hydrogen) atoms. The second-order valence-corrected chi connectivity index (χ2v) is 2.51. The Bertz CT molecular complexity index is 123. The molecule has 0 aliphatic heterocycles. The maximum absolute atomic E-state index is 10.3. The van der Waals surface area contributed by atoms with E-state index in [1.54, 1.807) is 13.8 Å². The van der Waals surface area contributed by atoms with Crippen molar-refractivity contribution in [3.63, 3.8) is 0 Å². The molecule has 0 saturated heterocycles. The topological polar surface area (TPSA) is 63.3 Å². The van der Waals surface area contributed by atoms with E-state index >= 15 is 0 Å². The molecular weight excluding hydrogens is 211 g/mol. The first-order valence-corrected chi connectivity index (χ1v) is 2.72. The van der Waals surface area contributed by atoms with Crippen molar-refractivity contribution in [3.8, 4) is 0 Å². The molecule has 4 heteroatoms. The monoisotopic (exact) mass is 223 g/mol. The van der Waals surface area contributed by atoms with Crippen LogP contribution in [-0.4, -0.2) is 16.6 Å². The van der Waals surface area contributed by atoms with Crippen molar-refractivity contribution in [2.24, 2.45) is 5.73 Å². The third-order valence-electron chi connectivity index (χ3n) is 1.48. The van der Waals surface area contributed by atoms with E-state index in [2.05, 4.69) is 0 Å². The van der Waals surface area contributed by atoms with Crippen molar-refractivity contribution in [1.29, 1.82) is 0 Å². The molecule has 0 spiro atoms. The van der Waals surface area contributed by atoms with E-state index < -0.39 is 11.5 Å². The summed E-state index contributed by atoms with van der Waals surface area (Å²) in [4.78, 5) is 10.3. The van der Waals surface area contributed by atoms with Crippen molar-refractivity contribution < 1.29 is 42.6 Å². The summed E-state index contributed by atoms with van der Waals surface area (Å²) in [5.74, 6) is -0.280. The summed E-state index contributed by atoms with van der Waals surface area (Å²) in [5, 5.41) is 8.47. The third-order valence-corrected chi connectivity index (χ3v) is 1.48. The zero-order valence-electron chi connectivity index (χ0n) is 6.51. The summed E-state index contributed by atoms with van der Waals surface area (Å²) in [5.41, 5.74) is 4.20. The van der Waals surface area contributed by atoms with E-state index in [9.17, 15) is 4.79 Å². The SMILES string of the molecule is C[13C-](C)[13C@](C)([15NH2])[13C](=O)O.[Y]. The maximum Gasteiger partial charge on any atom is 0.292 e. The van der Waals surface area contributed by atoms with Gasteiger partial charge in [-0.3, -0.25) is 10.7 Å². The Morgan fingerprint density at radius 1 is 1.60 bits per heavy atom. The van der Waals surface area contributed by atoms with Gasteiger partial charge in [-0.2, -0.15) is 13.8 Å². The second kappa shape index (κ2) is 4.42. The molecule has 0 fully saturated rings. The van der Waals surface area contributed by atoms with Gasteiger partial charge in [-0.15, -0.1) is 0 Å².